The van der Waals surface area contributed by atoms with Gasteiger partial charge in [0.15, 0.2) is 11.6 Å². The van der Waals surface area contributed by atoms with E-state index in [1.807, 2.05) is 0 Å². The van der Waals surface area contributed by atoms with Gasteiger partial charge in [0.05, 0.1) is 5.56 Å². The first-order valence-corrected chi connectivity index (χ1v) is 9.84. The lowest BCUT2D eigenvalue weighted by Gasteiger charge is -2.12. The third kappa shape index (κ3) is 6.07. The minimum atomic E-state index is -4.83. The summed E-state index contributed by atoms with van der Waals surface area (Å²) in [6.07, 6.45) is -12.1. The van der Waals surface area contributed by atoms with E-state index in [9.17, 15) is 39.5 Å². The Morgan fingerprint density at radius 3 is 2.03 bits per heavy atom. The second kappa shape index (κ2) is 9.25. The quantitative estimate of drug-likeness (QED) is 0.314. The van der Waals surface area contributed by atoms with Crippen molar-refractivity contribution in [3.05, 3.63) is 71.9 Å². The number of alkyl halides is 9. The number of nitrogens with zero attached hydrogens (tertiary/aromatic N) is 6. The minimum Gasteiger partial charge on any atom is -0.324 e. The fraction of sp³-hybridized carbons (Fsp3) is 0.143. The minimum absolute atomic E-state index is 0.218. The van der Waals surface area contributed by atoms with Gasteiger partial charge in [0, 0.05) is 29.8 Å². The highest BCUT2D eigenvalue weighted by Gasteiger charge is 2.34. The molecule has 16 heteroatoms. The Morgan fingerprint density at radius 2 is 1.35 bits per heavy atom. The molecule has 4 aromatic heterocycles. The maximum absolute atomic E-state index is 13.2. The molecule has 37 heavy (non-hydrogen) atoms. The van der Waals surface area contributed by atoms with Crippen molar-refractivity contribution in [3.8, 4) is 22.9 Å². The molecule has 7 nitrogen and oxygen atoms in total. The van der Waals surface area contributed by atoms with Gasteiger partial charge in [0.2, 0.25) is 5.95 Å². The standard InChI is InChI=1S/C21H10F9N7/c22-19(23,24)11-6-10(8-31-9-11)16-35-17(13-2-1-3-14(34-13)20(25,26)27)37-18(36-16)33-12-4-5-32-15(7-12)21(28,29)30/h1-9H,(H,32,33,35,36,37). The first kappa shape index (κ1) is 25.7. The summed E-state index contributed by atoms with van der Waals surface area (Å²) in [6.45, 7) is 0. The Kier molecular flexibility index (Phi) is 6.43. The van der Waals surface area contributed by atoms with Crippen molar-refractivity contribution < 1.29 is 39.5 Å². The van der Waals surface area contributed by atoms with E-state index < -0.39 is 58.8 Å². The van der Waals surface area contributed by atoms with Crippen molar-refractivity contribution in [2.75, 3.05) is 5.32 Å². The Labute approximate surface area is 200 Å². The van der Waals surface area contributed by atoms with E-state index in [0.717, 1.165) is 30.6 Å². The average molecular weight is 531 g/mol. The summed E-state index contributed by atoms with van der Waals surface area (Å²) < 4.78 is 118. The number of nitrogens with one attached hydrogen (secondary N) is 1. The molecule has 1 N–H and O–H groups in total. The van der Waals surface area contributed by atoms with Gasteiger partial charge < -0.3 is 5.32 Å². The molecule has 192 valence electrons. The van der Waals surface area contributed by atoms with E-state index in [0.29, 0.717) is 24.4 Å². The third-order valence-electron chi connectivity index (χ3n) is 4.53. The molecule has 4 aromatic rings. The molecule has 0 bridgehead atoms. The van der Waals surface area contributed by atoms with Crippen LogP contribution in [0.25, 0.3) is 22.9 Å². The number of hydrogen-bond acceptors (Lipinski definition) is 7. The molecule has 0 aliphatic heterocycles. The number of aromatic nitrogens is 6. The number of hydrogen-bond donors (Lipinski definition) is 1. The predicted molar refractivity (Wildman–Crippen MR) is 109 cm³/mol. The molecule has 0 saturated carbocycles. The van der Waals surface area contributed by atoms with E-state index in [4.69, 9.17) is 0 Å². The van der Waals surface area contributed by atoms with Gasteiger partial charge in [0.25, 0.3) is 0 Å². The molecular formula is C21H10F9N7. The molecule has 0 saturated heterocycles. The molecular weight excluding hydrogens is 521 g/mol. The van der Waals surface area contributed by atoms with Gasteiger partial charge in [0.1, 0.15) is 17.1 Å². The largest absolute Gasteiger partial charge is 0.433 e. The van der Waals surface area contributed by atoms with Crippen LogP contribution >= 0.6 is 0 Å². The van der Waals surface area contributed by atoms with Crippen molar-refractivity contribution in [2.24, 2.45) is 0 Å². The van der Waals surface area contributed by atoms with Crippen molar-refractivity contribution >= 4 is 11.6 Å². The van der Waals surface area contributed by atoms with E-state index in [1.54, 1.807) is 0 Å². The summed E-state index contributed by atoms with van der Waals surface area (Å²) in [4.78, 5) is 21.9. The van der Waals surface area contributed by atoms with E-state index in [2.05, 4.69) is 35.2 Å². The third-order valence-corrected chi connectivity index (χ3v) is 4.53. The van der Waals surface area contributed by atoms with Crippen LogP contribution in [0.15, 0.2) is 55.0 Å². The summed E-state index contributed by atoms with van der Waals surface area (Å²) in [5, 5.41) is 2.43. The highest BCUT2D eigenvalue weighted by atomic mass is 19.4. The van der Waals surface area contributed by atoms with Gasteiger partial charge in [-0.2, -0.15) is 49.5 Å². The van der Waals surface area contributed by atoms with Crippen LogP contribution in [-0.4, -0.2) is 29.9 Å². The van der Waals surface area contributed by atoms with Crippen molar-refractivity contribution in [1.82, 2.24) is 29.9 Å². The summed E-state index contributed by atoms with van der Waals surface area (Å²) in [7, 11) is 0. The molecule has 0 fully saturated rings. The lowest BCUT2D eigenvalue weighted by Crippen LogP contribution is -2.10. The Balaban J connectivity index is 1.85. The van der Waals surface area contributed by atoms with Gasteiger partial charge in [-0.3, -0.25) is 9.97 Å². The Morgan fingerprint density at radius 1 is 0.649 bits per heavy atom. The summed E-state index contributed by atoms with van der Waals surface area (Å²) in [5.74, 6) is -1.45. The van der Waals surface area contributed by atoms with Crippen LogP contribution in [0.1, 0.15) is 17.0 Å². The highest BCUT2D eigenvalue weighted by molar-refractivity contribution is 5.63. The smallest absolute Gasteiger partial charge is 0.324 e. The summed E-state index contributed by atoms with van der Waals surface area (Å²) >= 11 is 0. The van der Waals surface area contributed by atoms with E-state index in [-0.39, 0.29) is 11.3 Å². The molecule has 0 spiro atoms. The van der Waals surface area contributed by atoms with Gasteiger partial charge in [-0.15, -0.1) is 0 Å². The maximum Gasteiger partial charge on any atom is 0.433 e. The second-order valence-electron chi connectivity index (χ2n) is 7.22. The Bertz CT molecular complexity index is 1360. The van der Waals surface area contributed by atoms with Crippen LogP contribution in [0.3, 0.4) is 0 Å². The first-order valence-electron chi connectivity index (χ1n) is 9.84. The molecule has 0 aliphatic rings. The molecule has 0 aromatic carbocycles. The Hall–Kier alpha value is -4.37. The molecule has 4 rings (SSSR count). The summed E-state index contributed by atoms with van der Waals surface area (Å²) in [5.41, 5.74) is -4.67. The lowest BCUT2D eigenvalue weighted by molar-refractivity contribution is -0.141. The zero-order valence-corrected chi connectivity index (χ0v) is 17.8. The summed E-state index contributed by atoms with van der Waals surface area (Å²) in [6, 6.07) is 5.16. The van der Waals surface area contributed by atoms with Gasteiger partial charge in [-0.1, -0.05) is 6.07 Å². The van der Waals surface area contributed by atoms with E-state index in [1.165, 1.54) is 0 Å². The van der Waals surface area contributed by atoms with Crippen LogP contribution < -0.4 is 5.32 Å². The van der Waals surface area contributed by atoms with Crippen molar-refractivity contribution in [3.63, 3.8) is 0 Å². The predicted octanol–water partition coefficient (Wildman–Crippen LogP) is 6.19. The number of rotatable bonds is 4. The van der Waals surface area contributed by atoms with Gasteiger partial charge in [-0.25, -0.2) is 9.97 Å². The number of halogens is 9. The van der Waals surface area contributed by atoms with Crippen molar-refractivity contribution in [1.29, 1.82) is 0 Å². The van der Waals surface area contributed by atoms with E-state index >= 15 is 0 Å². The fourth-order valence-corrected chi connectivity index (χ4v) is 2.90. The molecule has 0 unspecified atom stereocenters. The van der Waals surface area contributed by atoms with Gasteiger partial charge >= 0.3 is 18.5 Å². The lowest BCUT2D eigenvalue weighted by atomic mass is 10.2. The van der Waals surface area contributed by atoms with Crippen LogP contribution in [0, 0.1) is 0 Å². The highest BCUT2D eigenvalue weighted by Crippen LogP contribution is 2.33. The molecule has 0 atom stereocenters. The fourth-order valence-electron chi connectivity index (χ4n) is 2.90. The normalized spacial score (nSPS) is 12.5. The molecule has 4 heterocycles. The van der Waals surface area contributed by atoms with Crippen LogP contribution in [0.2, 0.25) is 0 Å². The molecule has 0 amide bonds. The monoisotopic (exact) mass is 531 g/mol. The topological polar surface area (TPSA) is 89.4 Å². The average Bonchev–Trinajstić information content (AvgIpc) is 2.83. The molecule has 0 radical (unpaired) electrons. The number of pyridine rings is 3. The SMILES string of the molecule is FC(F)(F)c1cncc(-c2nc(Nc3ccnc(C(F)(F)F)c3)nc(-c3cccc(C(F)(F)F)n3)n2)c1. The molecule has 0 aliphatic carbocycles. The second-order valence-corrected chi connectivity index (χ2v) is 7.22. The van der Waals surface area contributed by atoms with Gasteiger partial charge in [-0.05, 0) is 30.3 Å². The van der Waals surface area contributed by atoms with Crippen LogP contribution in [0.5, 0.6) is 0 Å². The van der Waals surface area contributed by atoms with Crippen LogP contribution in [0.4, 0.5) is 51.1 Å². The number of anilines is 2. The van der Waals surface area contributed by atoms with Crippen molar-refractivity contribution in [2.45, 2.75) is 18.5 Å². The zero-order valence-electron chi connectivity index (χ0n) is 17.8. The van der Waals surface area contributed by atoms with Crippen LogP contribution in [-0.2, 0) is 18.5 Å². The zero-order chi connectivity index (χ0) is 27.0. The maximum atomic E-state index is 13.2. The first-order chi connectivity index (χ1) is 17.2.